The minimum absolute atomic E-state index is 0.106. The highest BCUT2D eigenvalue weighted by Gasteiger charge is 2.38. The molecular formula is C19H27Cl2N7. The molecule has 3 aliphatic rings. The number of fused-ring (bicyclic) bond motifs is 1. The van der Waals surface area contributed by atoms with Crippen molar-refractivity contribution in [3.63, 3.8) is 0 Å². The molecule has 3 fully saturated rings. The molecule has 3 atom stereocenters. The third-order valence-electron chi connectivity index (χ3n) is 6.17. The number of nitrogens with one attached hydrogen (secondary N) is 3. The van der Waals surface area contributed by atoms with Crippen LogP contribution < -0.4 is 16.0 Å². The molecule has 0 aromatic carbocycles. The van der Waals surface area contributed by atoms with Gasteiger partial charge in [-0.3, -0.25) is 4.57 Å². The van der Waals surface area contributed by atoms with Gasteiger partial charge in [-0.25, -0.2) is 9.97 Å². The zero-order chi connectivity index (χ0) is 19.3. The summed E-state index contributed by atoms with van der Waals surface area (Å²) in [5, 5.41) is 10.8. The molecule has 9 heteroatoms. The second-order valence-electron chi connectivity index (χ2n) is 8.78. The Labute approximate surface area is 175 Å². The zero-order valence-electron chi connectivity index (χ0n) is 16.1. The summed E-state index contributed by atoms with van der Waals surface area (Å²) < 4.78 is 2.25. The molecule has 152 valence electrons. The van der Waals surface area contributed by atoms with Crippen LogP contribution in [0.3, 0.4) is 0 Å². The second-order valence-corrected chi connectivity index (χ2v) is 10.0. The van der Waals surface area contributed by atoms with Gasteiger partial charge in [0.05, 0.1) is 12.2 Å². The summed E-state index contributed by atoms with van der Waals surface area (Å²) in [6.07, 6.45) is 7.87. The van der Waals surface area contributed by atoms with E-state index in [9.17, 15) is 0 Å². The lowest BCUT2D eigenvalue weighted by molar-refractivity contribution is 0.467. The van der Waals surface area contributed by atoms with Crippen molar-refractivity contribution in [2.24, 2.45) is 0 Å². The van der Waals surface area contributed by atoms with E-state index in [1.54, 1.807) is 0 Å². The molecular weight excluding hydrogens is 397 g/mol. The number of halogens is 2. The first-order valence-electron chi connectivity index (χ1n) is 10.3. The number of hydrogen-bond donors (Lipinski definition) is 3. The van der Waals surface area contributed by atoms with Gasteiger partial charge in [0, 0.05) is 28.9 Å². The average molecular weight is 424 g/mol. The predicted molar refractivity (Wildman–Crippen MR) is 114 cm³/mol. The largest absolute Gasteiger partial charge is 0.353 e. The zero-order valence-corrected chi connectivity index (χ0v) is 17.6. The van der Waals surface area contributed by atoms with E-state index >= 15 is 0 Å². The van der Waals surface area contributed by atoms with Crippen molar-refractivity contribution >= 4 is 46.3 Å². The van der Waals surface area contributed by atoms with E-state index in [2.05, 4.69) is 32.4 Å². The number of rotatable bonds is 5. The first-order chi connectivity index (χ1) is 13.5. The first kappa shape index (κ1) is 18.7. The van der Waals surface area contributed by atoms with Crippen molar-refractivity contribution < 1.29 is 0 Å². The number of nitrogens with zero attached hydrogens (tertiary/aromatic N) is 4. The molecule has 3 unspecified atom stereocenters. The van der Waals surface area contributed by atoms with E-state index in [1.807, 2.05) is 6.20 Å². The minimum atomic E-state index is 0.106. The topological polar surface area (TPSA) is 79.7 Å². The Morgan fingerprint density at radius 1 is 1.18 bits per heavy atom. The Morgan fingerprint density at radius 3 is 2.64 bits per heavy atom. The molecule has 2 aliphatic carbocycles. The van der Waals surface area contributed by atoms with Gasteiger partial charge < -0.3 is 16.0 Å². The van der Waals surface area contributed by atoms with Gasteiger partial charge in [-0.15, -0.1) is 23.2 Å². The van der Waals surface area contributed by atoms with Crippen LogP contribution in [-0.4, -0.2) is 54.9 Å². The summed E-state index contributed by atoms with van der Waals surface area (Å²) in [6, 6.07) is 0.550. The number of anilines is 2. The normalized spacial score (nSPS) is 31.8. The molecule has 0 spiro atoms. The monoisotopic (exact) mass is 423 g/mol. The second kappa shape index (κ2) is 7.18. The van der Waals surface area contributed by atoms with Crippen LogP contribution in [0.4, 0.5) is 11.9 Å². The van der Waals surface area contributed by atoms with Gasteiger partial charge in [0.25, 0.3) is 0 Å². The highest BCUT2D eigenvalue weighted by Crippen LogP contribution is 2.38. The van der Waals surface area contributed by atoms with E-state index in [4.69, 9.17) is 33.2 Å². The van der Waals surface area contributed by atoms with Crippen molar-refractivity contribution in [1.82, 2.24) is 24.8 Å². The molecule has 5 rings (SSSR count). The van der Waals surface area contributed by atoms with Crippen LogP contribution in [0.5, 0.6) is 0 Å². The fourth-order valence-electron chi connectivity index (χ4n) is 4.33. The maximum Gasteiger partial charge on any atom is 0.225 e. The summed E-state index contributed by atoms with van der Waals surface area (Å²) in [5.74, 6) is 1.54. The molecule has 3 heterocycles. The first-order valence-corrected chi connectivity index (χ1v) is 11.1. The maximum absolute atomic E-state index is 6.41. The van der Waals surface area contributed by atoms with Crippen LogP contribution in [0.15, 0.2) is 6.20 Å². The quantitative estimate of drug-likeness (QED) is 0.638. The SMILES string of the molecule is CC1(Nc2ncc3nc(NC4CC(Cl)CC(Cl)C4)n(C4CCNC4)c3n2)CC1. The van der Waals surface area contributed by atoms with Crippen molar-refractivity contribution in [3.8, 4) is 0 Å². The maximum atomic E-state index is 6.41. The van der Waals surface area contributed by atoms with Gasteiger partial charge in [-0.2, -0.15) is 4.98 Å². The van der Waals surface area contributed by atoms with Gasteiger partial charge in [0.2, 0.25) is 11.9 Å². The molecule has 28 heavy (non-hydrogen) atoms. The minimum Gasteiger partial charge on any atom is -0.353 e. The Hall–Kier alpha value is -1.31. The highest BCUT2D eigenvalue weighted by molar-refractivity contribution is 6.23. The summed E-state index contributed by atoms with van der Waals surface area (Å²) in [4.78, 5) is 14.2. The van der Waals surface area contributed by atoms with E-state index in [-0.39, 0.29) is 22.3 Å². The van der Waals surface area contributed by atoms with Crippen LogP contribution in [0, 0.1) is 0 Å². The number of hydrogen-bond acceptors (Lipinski definition) is 6. The van der Waals surface area contributed by atoms with E-state index < -0.39 is 0 Å². The fourth-order valence-corrected chi connectivity index (χ4v) is 5.28. The molecule has 7 nitrogen and oxygen atoms in total. The molecule has 3 N–H and O–H groups in total. The summed E-state index contributed by atoms with van der Waals surface area (Å²) >= 11 is 12.8. The van der Waals surface area contributed by atoms with Crippen LogP contribution in [0.2, 0.25) is 0 Å². The highest BCUT2D eigenvalue weighted by atomic mass is 35.5. The average Bonchev–Trinajstić information content (AvgIpc) is 3.04. The summed E-state index contributed by atoms with van der Waals surface area (Å²) in [7, 11) is 0. The van der Waals surface area contributed by atoms with Crippen LogP contribution in [-0.2, 0) is 0 Å². The van der Waals surface area contributed by atoms with E-state index in [0.29, 0.717) is 12.0 Å². The predicted octanol–water partition coefficient (Wildman–Crippen LogP) is 3.50. The van der Waals surface area contributed by atoms with Crippen LogP contribution in [0.1, 0.15) is 51.5 Å². The van der Waals surface area contributed by atoms with Crippen molar-refractivity contribution in [3.05, 3.63) is 6.20 Å². The summed E-state index contributed by atoms with van der Waals surface area (Å²) in [5.41, 5.74) is 1.85. The van der Waals surface area contributed by atoms with Gasteiger partial charge in [0.15, 0.2) is 5.65 Å². The number of imidazole rings is 1. The van der Waals surface area contributed by atoms with Gasteiger partial charge in [-0.1, -0.05) is 0 Å². The lowest BCUT2D eigenvalue weighted by Gasteiger charge is -2.30. The number of alkyl halides is 2. The van der Waals surface area contributed by atoms with Crippen molar-refractivity contribution in [2.45, 2.75) is 73.8 Å². The molecule has 2 aromatic heterocycles. The lowest BCUT2D eigenvalue weighted by Crippen LogP contribution is -2.34. The third kappa shape index (κ3) is 3.76. The van der Waals surface area contributed by atoms with Gasteiger partial charge >= 0.3 is 0 Å². The van der Waals surface area contributed by atoms with E-state index in [0.717, 1.165) is 68.7 Å². The molecule has 0 amide bonds. The van der Waals surface area contributed by atoms with E-state index in [1.165, 1.54) is 0 Å². The molecule has 1 aliphatic heterocycles. The van der Waals surface area contributed by atoms with Crippen LogP contribution in [0.25, 0.3) is 11.2 Å². The Bertz CT molecular complexity index is 849. The Kier molecular flexibility index (Phi) is 4.80. The van der Waals surface area contributed by atoms with Gasteiger partial charge in [0.1, 0.15) is 5.52 Å². The Balaban J connectivity index is 1.49. The Morgan fingerprint density at radius 2 is 1.96 bits per heavy atom. The van der Waals surface area contributed by atoms with Crippen molar-refractivity contribution in [2.75, 3.05) is 23.7 Å². The smallest absolute Gasteiger partial charge is 0.225 e. The molecule has 0 bridgehead atoms. The standard InChI is InChI=1S/C19H27Cl2N7/c1-19(3-4-19)27-17-23-10-15-16(26-17)28(14-2-5-22-9-14)18(25-15)24-13-7-11(20)6-12(21)8-13/h10-14,22H,2-9H2,1H3,(H,24,25)(H,23,26,27). The third-order valence-corrected chi connectivity index (χ3v) is 6.88. The van der Waals surface area contributed by atoms with Crippen LogP contribution >= 0.6 is 23.2 Å². The van der Waals surface area contributed by atoms with Gasteiger partial charge in [-0.05, 0) is 52.0 Å². The van der Waals surface area contributed by atoms with Crippen molar-refractivity contribution in [1.29, 1.82) is 0 Å². The molecule has 2 aromatic rings. The molecule has 1 saturated heterocycles. The number of aromatic nitrogens is 4. The lowest BCUT2D eigenvalue weighted by atomic mass is 9.94. The summed E-state index contributed by atoms with van der Waals surface area (Å²) in [6.45, 7) is 4.14. The molecule has 2 saturated carbocycles. The fraction of sp³-hybridized carbons (Fsp3) is 0.737. The molecule has 0 radical (unpaired) electrons.